The van der Waals surface area contributed by atoms with Gasteiger partial charge in [-0.2, -0.15) is 0 Å². The Bertz CT molecular complexity index is 860. The molecule has 26 heavy (non-hydrogen) atoms. The standard InChI is InChI=1S/C17H17N7O2/c25-15-14(21-17(26)22-15)11-12-1-6-19-16(20-12)24-9-7-23(8-10-24)13-2-4-18-5-3-13/h1-6,11H,7-10H2,(H2,21,22,25,26). The Morgan fingerprint density at radius 1 is 0.923 bits per heavy atom. The van der Waals surface area contributed by atoms with Crippen LogP contribution in [-0.4, -0.2) is 53.1 Å². The van der Waals surface area contributed by atoms with Crippen LogP contribution in [0.15, 0.2) is 42.5 Å². The fourth-order valence-corrected chi connectivity index (χ4v) is 2.94. The first kappa shape index (κ1) is 16.0. The second kappa shape index (κ2) is 6.79. The lowest BCUT2D eigenvalue weighted by Gasteiger charge is -2.36. The predicted molar refractivity (Wildman–Crippen MR) is 95.3 cm³/mol. The van der Waals surface area contributed by atoms with E-state index in [0.717, 1.165) is 31.9 Å². The molecule has 0 atom stereocenters. The van der Waals surface area contributed by atoms with Crippen LogP contribution in [0.3, 0.4) is 0 Å². The first-order valence-corrected chi connectivity index (χ1v) is 8.26. The monoisotopic (exact) mass is 351 g/mol. The van der Waals surface area contributed by atoms with Crippen molar-refractivity contribution in [2.24, 2.45) is 0 Å². The minimum absolute atomic E-state index is 0.183. The van der Waals surface area contributed by atoms with Gasteiger partial charge in [0.2, 0.25) is 5.95 Å². The molecule has 0 bridgehead atoms. The molecule has 0 radical (unpaired) electrons. The summed E-state index contributed by atoms with van der Waals surface area (Å²) in [5.74, 6) is 0.152. The number of nitrogens with zero attached hydrogens (tertiary/aromatic N) is 5. The smallest absolute Gasteiger partial charge is 0.326 e. The van der Waals surface area contributed by atoms with E-state index >= 15 is 0 Å². The number of anilines is 2. The normalized spacial score (nSPS) is 18.8. The average Bonchev–Trinajstić information content (AvgIpc) is 3.00. The third-order valence-electron chi connectivity index (χ3n) is 4.27. The molecule has 0 aliphatic carbocycles. The van der Waals surface area contributed by atoms with Crippen molar-refractivity contribution < 1.29 is 9.59 Å². The number of carbonyl (C=O) groups excluding carboxylic acids is 2. The Labute approximate surface area is 149 Å². The number of pyridine rings is 1. The maximum Gasteiger partial charge on any atom is 0.326 e. The molecule has 0 aromatic carbocycles. The van der Waals surface area contributed by atoms with E-state index in [9.17, 15) is 9.59 Å². The Morgan fingerprint density at radius 3 is 2.35 bits per heavy atom. The summed E-state index contributed by atoms with van der Waals surface area (Å²) < 4.78 is 0. The van der Waals surface area contributed by atoms with E-state index in [0.29, 0.717) is 11.6 Å². The number of imide groups is 1. The molecule has 9 heteroatoms. The molecular formula is C17H17N7O2. The van der Waals surface area contributed by atoms with Crippen LogP contribution >= 0.6 is 0 Å². The molecule has 2 aromatic rings. The van der Waals surface area contributed by atoms with Crippen molar-refractivity contribution >= 4 is 29.7 Å². The predicted octanol–water partition coefficient (Wildman–Crippen LogP) is 0.378. The van der Waals surface area contributed by atoms with Gasteiger partial charge in [0, 0.05) is 50.5 Å². The van der Waals surface area contributed by atoms with Crippen LogP contribution in [0.5, 0.6) is 0 Å². The molecule has 2 aromatic heterocycles. The van der Waals surface area contributed by atoms with E-state index in [4.69, 9.17) is 0 Å². The van der Waals surface area contributed by atoms with Crippen molar-refractivity contribution in [3.63, 3.8) is 0 Å². The van der Waals surface area contributed by atoms with Gasteiger partial charge in [0.1, 0.15) is 5.70 Å². The minimum Gasteiger partial charge on any atom is -0.368 e. The summed E-state index contributed by atoms with van der Waals surface area (Å²) in [5, 5.41) is 4.62. The maximum atomic E-state index is 11.6. The Kier molecular flexibility index (Phi) is 4.18. The van der Waals surface area contributed by atoms with Crippen LogP contribution < -0.4 is 20.4 Å². The van der Waals surface area contributed by atoms with Crippen LogP contribution in [-0.2, 0) is 4.79 Å². The van der Waals surface area contributed by atoms with Gasteiger partial charge in [-0.05, 0) is 24.3 Å². The average molecular weight is 351 g/mol. The van der Waals surface area contributed by atoms with Gasteiger partial charge in [0.25, 0.3) is 5.91 Å². The summed E-state index contributed by atoms with van der Waals surface area (Å²) in [7, 11) is 0. The Morgan fingerprint density at radius 2 is 1.65 bits per heavy atom. The number of piperazine rings is 1. The van der Waals surface area contributed by atoms with Gasteiger partial charge in [-0.3, -0.25) is 15.1 Å². The fraction of sp³-hybridized carbons (Fsp3) is 0.235. The Balaban J connectivity index is 1.45. The molecule has 4 heterocycles. The van der Waals surface area contributed by atoms with Crippen LogP contribution in [0.25, 0.3) is 6.08 Å². The topological polar surface area (TPSA) is 103 Å². The highest BCUT2D eigenvalue weighted by Crippen LogP contribution is 2.18. The van der Waals surface area contributed by atoms with Crippen molar-refractivity contribution in [3.05, 3.63) is 48.2 Å². The van der Waals surface area contributed by atoms with Crippen LogP contribution in [0, 0.1) is 0 Å². The van der Waals surface area contributed by atoms with Crippen molar-refractivity contribution in [2.75, 3.05) is 36.0 Å². The highest BCUT2D eigenvalue weighted by Gasteiger charge is 2.23. The number of urea groups is 1. The third-order valence-corrected chi connectivity index (χ3v) is 4.27. The van der Waals surface area contributed by atoms with Crippen molar-refractivity contribution in [3.8, 4) is 0 Å². The summed E-state index contributed by atoms with van der Waals surface area (Å²) in [5.41, 5.74) is 1.91. The number of rotatable bonds is 3. The van der Waals surface area contributed by atoms with Crippen LogP contribution in [0.4, 0.5) is 16.4 Å². The fourth-order valence-electron chi connectivity index (χ4n) is 2.94. The van der Waals surface area contributed by atoms with Crippen LogP contribution in [0.2, 0.25) is 0 Å². The van der Waals surface area contributed by atoms with E-state index in [1.54, 1.807) is 30.7 Å². The zero-order valence-electron chi connectivity index (χ0n) is 13.9. The molecule has 0 spiro atoms. The largest absolute Gasteiger partial charge is 0.368 e. The zero-order valence-corrected chi connectivity index (χ0v) is 13.9. The molecule has 3 amide bonds. The molecule has 2 saturated heterocycles. The quantitative estimate of drug-likeness (QED) is 0.608. The second-order valence-electron chi connectivity index (χ2n) is 5.93. The SMILES string of the molecule is O=C1NC(=O)C(=Cc2ccnc(N3CCN(c4ccncc4)CC3)n2)N1. The van der Waals surface area contributed by atoms with Gasteiger partial charge in [-0.25, -0.2) is 14.8 Å². The van der Waals surface area contributed by atoms with E-state index in [2.05, 4.69) is 35.4 Å². The maximum absolute atomic E-state index is 11.6. The van der Waals surface area contributed by atoms with Crippen molar-refractivity contribution in [1.82, 2.24) is 25.6 Å². The second-order valence-corrected chi connectivity index (χ2v) is 5.93. The number of amides is 3. The number of hydrogen-bond donors (Lipinski definition) is 2. The lowest BCUT2D eigenvalue weighted by Crippen LogP contribution is -2.47. The van der Waals surface area contributed by atoms with E-state index in [1.165, 1.54) is 0 Å². The van der Waals surface area contributed by atoms with Crippen molar-refractivity contribution in [1.29, 1.82) is 0 Å². The molecule has 2 fully saturated rings. The lowest BCUT2D eigenvalue weighted by atomic mass is 10.2. The highest BCUT2D eigenvalue weighted by atomic mass is 16.2. The number of nitrogens with one attached hydrogen (secondary N) is 2. The first-order chi connectivity index (χ1) is 12.7. The molecule has 9 nitrogen and oxygen atoms in total. The summed E-state index contributed by atoms with van der Waals surface area (Å²) in [6.45, 7) is 3.30. The van der Waals surface area contributed by atoms with Gasteiger partial charge < -0.3 is 15.1 Å². The molecule has 2 aliphatic heterocycles. The minimum atomic E-state index is -0.525. The van der Waals surface area contributed by atoms with Crippen LogP contribution in [0.1, 0.15) is 5.69 Å². The summed E-state index contributed by atoms with van der Waals surface area (Å²) >= 11 is 0. The molecule has 0 unspecified atom stereocenters. The first-order valence-electron chi connectivity index (χ1n) is 8.26. The number of hydrogen-bond acceptors (Lipinski definition) is 7. The molecule has 2 aliphatic rings. The van der Waals surface area contributed by atoms with Crippen molar-refractivity contribution in [2.45, 2.75) is 0 Å². The van der Waals surface area contributed by atoms with Gasteiger partial charge >= 0.3 is 6.03 Å². The summed E-state index contributed by atoms with van der Waals surface area (Å²) in [4.78, 5) is 40.1. The molecular weight excluding hydrogens is 334 g/mol. The summed E-state index contributed by atoms with van der Waals surface area (Å²) in [6, 6.07) is 5.17. The summed E-state index contributed by atoms with van der Waals surface area (Å²) in [6.07, 6.45) is 6.77. The molecule has 4 rings (SSSR count). The molecule has 132 valence electrons. The zero-order chi connectivity index (χ0) is 17.9. The number of carbonyl (C=O) groups is 2. The van der Waals surface area contributed by atoms with E-state index < -0.39 is 11.9 Å². The van der Waals surface area contributed by atoms with Gasteiger partial charge in [0.15, 0.2) is 0 Å². The van der Waals surface area contributed by atoms with E-state index in [-0.39, 0.29) is 5.70 Å². The number of aromatic nitrogens is 3. The van der Waals surface area contributed by atoms with Gasteiger partial charge in [-0.15, -0.1) is 0 Å². The third kappa shape index (κ3) is 3.32. The molecule has 2 N–H and O–H groups in total. The highest BCUT2D eigenvalue weighted by molar-refractivity contribution is 6.13. The van der Waals surface area contributed by atoms with E-state index in [1.807, 2.05) is 12.1 Å². The Hall–Kier alpha value is -3.49. The lowest BCUT2D eigenvalue weighted by molar-refractivity contribution is -0.115. The van der Waals surface area contributed by atoms with Gasteiger partial charge in [-0.1, -0.05) is 0 Å². The van der Waals surface area contributed by atoms with Gasteiger partial charge in [0.05, 0.1) is 5.69 Å². The molecule has 0 saturated carbocycles.